The minimum atomic E-state index is -1.61. The highest BCUT2D eigenvalue weighted by molar-refractivity contribution is 5.99. The van der Waals surface area contributed by atoms with E-state index >= 15 is 0 Å². The van der Waals surface area contributed by atoms with Crippen molar-refractivity contribution < 1.29 is 48.3 Å². The highest BCUT2D eigenvalue weighted by atomic mass is 16.3. The normalized spacial score (nSPS) is 26.2. The van der Waals surface area contributed by atoms with Crippen LogP contribution in [-0.2, 0) is 56.0 Å². The van der Waals surface area contributed by atoms with Gasteiger partial charge < -0.3 is 50.9 Å². The monoisotopic (exact) mass is 1000 g/mol. The molecule has 2 fully saturated rings. The lowest BCUT2D eigenvalue weighted by molar-refractivity contribution is -0.149. The van der Waals surface area contributed by atoms with Crippen molar-refractivity contribution in [1.82, 2.24) is 45.8 Å². The molecular formula is C53H79N9O10. The van der Waals surface area contributed by atoms with Gasteiger partial charge in [-0.1, -0.05) is 88.4 Å². The standard InChI is InChI=1S/C53H79N9O10/c1-32(2)27-41-46(65)55-39(29-37-21-15-12-16-22-37)52(71)61(11)42(28-33(3)4)48(67)57-45(36(7)63)49(68)54-34(5)50(69)59(9)43(30-38-23-17-13-18-24-38)47(66)56-40(53(72)62-25-19-14-20-26-62)31-44(64)58(8)35(6)51(70)60(41)10/h12-13,15-18,21-24,32-36,39-43,45,63H,14,19-20,25-31H2,1-11H3,(H,54,68)(H,55,65)(H,56,66)(H,57,67)/t34-,35-,36+,39-,40?,41-,42-,43-,45-/m0/s1. The fourth-order valence-electron chi connectivity index (χ4n) is 9.17. The summed E-state index contributed by atoms with van der Waals surface area (Å²) in [7, 11) is 5.65. The van der Waals surface area contributed by atoms with Crippen LogP contribution in [0.4, 0.5) is 0 Å². The number of aliphatic hydroxyl groups is 1. The van der Waals surface area contributed by atoms with Crippen LogP contribution in [0.3, 0.4) is 0 Å². The number of carbonyl (C=O) groups is 9. The van der Waals surface area contributed by atoms with Gasteiger partial charge in [0.25, 0.3) is 0 Å². The smallest absolute Gasteiger partial charge is 0.245 e. The molecule has 2 saturated heterocycles. The van der Waals surface area contributed by atoms with Crippen molar-refractivity contribution in [3.05, 3.63) is 71.8 Å². The van der Waals surface area contributed by atoms with Crippen molar-refractivity contribution >= 4 is 53.2 Å². The van der Waals surface area contributed by atoms with Gasteiger partial charge in [0.1, 0.15) is 48.3 Å². The lowest BCUT2D eigenvalue weighted by Crippen LogP contribution is -2.62. The Morgan fingerprint density at radius 1 is 0.569 bits per heavy atom. The number of hydrogen-bond donors (Lipinski definition) is 5. The van der Waals surface area contributed by atoms with Crippen LogP contribution in [0.15, 0.2) is 60.7 Å². The van der Waals surface area contributed by atoms with Crippen molar-refractivity contribution in [2.45, 2.75) is 154 Å². The summed E-state index contributed by atoms with van der Waals surface area (Å²) < 4.78 is 0. The number of aliphatic hydroxyl groups excluding tert-OH is 1. The molecule has 2 aliphatic rings. The maximum absolute atomic E-state index is 14.8. The van der Waals surface area contributed by atoms with Gasteiger partial charge in [-0.05, 0) is 75.8 Å². The minimum absolute atomic E-state index is 0.00456. The average Bonchev–Trinajstić information content (AvgIpc) is 3.35. The SMILES string of the molecule is CC(C)C[C@H]1C(=O)N[C@@H]([C@@H](C)O)C(=O)N[C@@H](C)C(=O)N(C)[C@@H](Cc2ccccc2)C(=O)NC(C(=O)N2CCCCC2)CC(=O)N(C)[C@@H](C)C(=O)N(C)[C@@H](CC(C)C)C(=O)N[C@@H](Cc2ccccc2)C(=O)N1C. The molecule has 0 aromatic heterocycles. The quantitative estimate of drug-likeness (QED) is 0.231. The molecule has 5 N–H and O–H groups in total. The summed E-state index contributed by atoms with van der Waals surface area (Å²) in [5.41, 5.74) is 1.35. The molecule has 0 radical (unpaired) electrons. The number of likely N-dealkylation sites (tertiary alicyclic amines) is 1. The lowest BCUT2D eigenvalue weighted by Gasteiger charge is -2.36. The van der Waals surface area contributed by atoms with E-state index in [0.29, 0.717) is 24.2 Å². The summed E-state index contributed by atoms with van der Waals surface area (Å²) in [4.78, 5) is 136. The Kier molecular flexibility index (Phi) is 21.7. The van der Waals surface area contributed by atoms with Crippen molar-refractivity contribution in [3.63, 3.8) is 0 Å². The molecule has 72 heavy (non-hydrogen) atoms. The maximum Gasteiger partial charge on any atom is 0.245 e. The van der Waals surface area contributed by atoms with Gasteiger partial charge in [-0.25, -0.2) is 0 Å². The van der Waals surface area contributed by atoms with Crippen molar-refractivity contribution in [2.75, 3.05) is 41.3 Å². The largest absolute Gasteiger partial charge is 0.391 e. The van der Waals surface area contributed by atoms with Gasteiger partial charge >= 0.3 is 0 Å². The van der Waals surface area contributed by atoms with Crippen LogP contribution >= 0.6 is 0 Å². The van der Waals surface area contributed by atoms with Gasteiger partial charge in [-0.15, -0.1) is 0 Å². The minimum Gasteiger partial charge on any atom is -0.391 e. The number of nitrogens with one attached hydrogen (secondary N) is 4. The molecule has 0 bridgehead atoms. The molecule has 0 saturated carbocycles. The van der Waals surface area contributed by atoms with E-state index in [1.807, 2.05) is 27.7 Å². The highest BCUT2D eigenvalue weighted by Gasteiger charge is 2.41. The first-order chi connectivity index (χ1) is 33.9. The molecule has 2 aromatic rings. The van der Waals surface area contributed by atoms with E-state index in [9.17, 15) is 48.3 Å². The summed E-state index contributed by atoms with van der Waals surface area (Å²) in [5, 5.41) is 21.8. The van der Waals surface area contributed by atoms with Crippen LogP contribution < -0.4 is 21.3 Å². The van der Waals surface area contributed by atoms with Crippen LogP contribution in [0, 0.1) is 11.8 Å². The van der Waals surface area contributed by atoms with E-state index in [4.69, 9.17) is 0 Å². The topological polar surface area (TPSA) is 238 Å². The molecule has 396 valence electrons. The lowest BCUT2D eigenvalue weighted by atomic mass is 9.97. The van der Waals surface area contributed by atoms with Crippen molar-refractivity contribution in [3.8, 4) is 0 Å². The number of carbonyl (C=O) groups excluding carboxylic acids is 9. The molecule has 0 aliphatic carbocycles. The first-order valence-electron chi connectivity index (χ1n) is 25.2. The van der Waals surface area contributed by atoms with Crippen molar-refractivity contribution in [1.29, 1.82) is 0 Å². The second kappa shape index (κ2) is 26.9. The van der Waals surface area contributed by atoms with E-state index in [1.54, 1.807) is 65.6 Å². The molecule has 1 unspecified atom stereocenters. The fourth-order valence-corrected chi connectivity index (χ4v) is 9.17. The second-order valence-corrected chi connectivity index (χ2v) is 20.4. The highest BCUT2D eigenvalue weighted by Crippen LogP contribution is 2.20. The molecular weight excluding hydrogens is 923 g/mol. The molecule has 2 aliphatic heterocycles. The van der Waals surface area contributed by atoms with Gasteiger partial charge in [0.2, 0.25) is 53.2 Å². The molecule has 19 heteroatoms. The summed E-state index contributed by atoms with van der Waals surface area (Å²) in [5.74, 6) is -6.54. The maximum atomic E-state index is 14.8. The zero-order valence-corrected chi connectivity index (χ0v) is 44.1. The van der Waals surface area contributed by atoms with Gasteiger partial charge in [-0.3, -0.25) is 43.2 Å². The summed E-state index contributed by atoms with van der Waals surface area (Å²) in [6.45, 7) is 12.4. The van der Waals surface area contributed by atoms with Crippen LogP contribution in [0.25, 0.3) is 0 Å². The van der Waals surface area contributed by atoms with Gasteiger partial charge in [0.05, 0.1) is 12.5 Å². The van der Waals surface area contributed by atoms with E-state index < -0.39 is 114 Å². The predicted octanol–water partition coefficient (Wildman–Crippen LogP) is 1.65. The third-order valence-corrected chi connectivity index (χ3v) is 13.7. The molecule has 9 amide bonds. The van der Waals surface area contributed by atoms with Crippen LogP contribution in [0.2, 0.25) is 0 Å². The Morgan fingerprint density at radius 2 is 1.04 bits per heavy atom. The molecule has 2 aromatic carbocycles. The van der Waals surface area contributed by atoms with Crippen LogP contribution in [0.5, 0.6) is 0 Å². The zero-order valence-electron chi connectivity index (χ0n) is 44.1. The summed E-state index contributed by atoms with van der Waals surface area (Å²) >= 11 is 0. The fraction of sp³-hybridized carbons (Fsp3) is 0.604. The van der Waals surface area contributed by atoms with Crippen molar-refractivity contribution in [2.24, 2.45) is 11.8 Å². The Hall–Kier alpha value is -6.37. The number of benzene rings is 2. The zero-order chi connectivity index (χ0) is 53.6. The van der Waals surface area contributed by atoms with E-state index in [1.165, 1.54) is 63.7 Å². The number of likely N-dealkylation sites (N-methyl/N-ethyl adjacent to an activating group) is 4. The first-order valence-corrected chi connectivity index (χ1v) is 25.2. The molecule has 19 nitrogen and oxygen atoms in total. The van der Waals surface area contributed by atoms with Gasteiger partial charge in [0.15, 0.2) is 0 Å². The average molecular weight is 1000 g/mol. The number of hydrogen-bond acceptors (Lipinski definition) is 10. The molecule has 0 spiro atoms. The number of amides is 9. The first kappa shape index (κ1) is 58.2. The van der Waals surface area contributed by atoms with E-state index in [0.717, 1.165) is 24.2 Å². The summed E-state index contributed by atoms with van der Waals surface area (Å²) in [6.07, 6.45) is 0.557. The third kappa shape index (κ3) is 15.8. The summed E-state index contributed by atoms with van der Waals surface area (Å²) in [6, 6.07) is 7.41. The Morgan fingerprint density at radius 3 is 1.56 bits per heavy atom. The third-order valence-electron chi connectivity index (χ3n) is 13.7. The Bertz CT molecular complexity index is 2200. The Labute approximate surface area is 425 Å². The number of nitrogens with zero attached hydrogens (tertiary/aromatic N) is 5. The van der Waals surface area contributed by atoms with Crippen LogP contribution in [-0.4, -0.2) is 178 Å². The van der Waals surface area contributed by atoms with Gasteiger partial charge in [-0.2, -0.15) is 0 Å². The van der Waals surface area contributed by atoms with E-state index in [2.05, 4.69) is 21.3 Å². The molecule has 2 heterocycles. The predicted molar refractivity (Wildman–Crippen MR) is 271 cm³/mol. The second-order valence-electron chi connectivity index (χ2n) is 20.4. The van der Waals surface area contributed by atoms with Crippen LogP contribution in [0.1, 0.15) is 98.1 Å². The van der Waals surface area contributed by atoms with E-state index in [-0.39, 0.29) is 37.5 Å². The Balaban J connectivity index is 1.86. The van der Waals surface area contributed by atoms with Gasteiger partial charge in [0, 0.05) is 54.1 Å². The molecule has 4 rings (SSSR count). The molecule has 9 atom stereocenters. The number of piperidine rings is 1. The number of rotatable bonds is 10.